The molecule has 1 aromatic heterocycles. The van der Waals surface area contributed by atoms with Crippen LogP contribution in [-0.2, 0) is 0 Å². The number of fused-ring (bicyclic) bond motifs is 1. The summed E-state index contributed by atoms with van der Waals surface area (Å²) in [5.41, 5.74) is 2.54. The van der Waals surface area contributed by atoms with Crippen LogP contribution >= 0.6 is 0 Å². The molecule has 0 unspecified atom stereocenters. The predicted molar refractivity (Wildman–Crippen MR) is 147 cm³/mol. The first-order valence-electron chi connectivity index (χ1n) is 12.7. The van der Waals surface area contributed by atoms with Crippen molar-refractivity contribution in [1.82, 2.24) is 15.3 Å². The first-order valence-corrected chi connectivity index (χ1v) is 12.7. The van der Waals surface area contributed by atoms with Crippen molar-refractivity contribution in [3.8, 4) is 0 Å². The maximum atomic E-state index is 13.0. The zero-order chi connectivity index (χ0) is 25.8. The standard InChI is InChI=1S/C30H31N5O2/c1-35(2)28-25-13-6-7-14-26(25)33-30(34-28)32-24-17-15-23(16-18-24)31-29(37)22-12-8-11-21(19-22)27(36)20-9-4-3-5-10-20/h3-14,19,23-24H,15-18H2,1-2H3,(H,31,37)(H,32,33,34). The number of nitrogens with one attached hydrogen (secondary N) is 2. The molecule has 188 valence electrons. The van der Waals surface area contributed by atoms with Gasteiger partial charge in [0.15, 0.2) is 5.78 Å². The Balaban J connectivity index is 1.19. The number of hydrogen-bond donors (Lipinski definition) is 2. The molecule has 0 bridgehead atoms. The van der Waals surface area contributed by atoms with Gasteiger partial charge in [-0.1, -0.05) is 54.6 Å². The summed E-state index contributed by atoms with van der Waals surface area (Å²) in [6.45, 7) is 0. The molecule has 0 atom stereocenters. The van der Waals surface area contributed by atoms with Crippen molar-refractivity contribution in [2.45, 2.75) is 37.8 Å². The number of nitrogens with zero attached hydrogens (tertiary/aromatic N) is 3. The summed E-state index contributed by atoms with van der Waals surface area (Å²) in [5.74, 6) is 1.29. The van der Waals surface area contributed by atoms with Gasteiger partial charge >= 0.3 is 0 Å². The second-order valence-electron chi connectivity index (χ2n) is 9.72. The lowest BCUT2D eigenvalue weighted by Gasteiger charge is -2.30. The summed E-state index contributed by atoms with van der Waals surface area (Å²) < 4.78 is 0. The van der Waals surface area contributed by atoms with Gasteiger partial charge in [-0.3, -0.25) is 9.59 Å². The summed E-state index contributed by atoms with van der Waals surface area (Å²) in [7, 11) is 3.97. The maximum Gasteiger partial charge on any atom is 0.251 e. The van der Waals surface area contributed by atoms with Crippen molar-refractivity contribution >= 4 is 34.4 Å². The van der Waals surface area contributed by atoms with Crippen LogP contribution in [0.4, 0.5) is 11.8 Å². The lowest BCUT2D eigenvalue weighted by Crippen LogP contribution is -2.40. The molecular weight excluding hydrogens is 462 g/mol. The number of benzene rings is 3. The lowest BCUT2D eigenvalue weighted by atomic mass is 9.91. The third kappa shape index (κ3) is 5.61. The van der Waals surface area contributed by atoms with E-state index < -0.39 is 0 Å². The van der Waals surface area contributed by atoms with Crippen molar-refractivity contribution < 1.29 is 9.59 Å². The van der Waals surface area contributed by atoms with Crippen LogP contribution in [0.1, 0.15) is 52.0 Å². The van der Waals surface area contributed by atoms with Crippen molar-refractivity contribution in [3.63, 3.8) is 0 Å². The van der Waals surface area contributed by atoms with Crippen molar-refractivity contribution in [2.75, 3.05) is 24.3 Å². The summed E-state index contributed by atoms with van der Waals surface area (Å²) in [6.07, 6.45) is 3.54. The number of rotatable bonds is 7. The molecular formula is C30H31N5O2. The molecule has 4 aromatic rings. The highest BCUT2D eigenvalue weighted by molar-refractivity contribution is 6.10. The topological polar surface area (TPSA) is 87.2 Å². The largest absolute Gasteiger partial charge is 0.362 e. The predicted octanol–water partition coefficient (Wildman–Crippen LogP) is 5.08. The first kappa shape index (κ1) is 24.4. The van der Waals surface area contributed by atoms with Crippen molar-refractivity contribution in [3.05, 3.63) is 95.6 Å². The molecule has 0 saturated heterocycles. The zero-order valence-corrected chi connectivity index (χ0v) is 21.1. The van der Waals surface area contributed by atoms with Crippen LogP contribution in [0.3, 0.4) is 0 Å². The SMILES string of the molecule is CN(C)c1nc(NC2CCC(NC(=O)c3cccc(C(=O)c4ccccc4)c3)CC2)nc2ccccc12. The van der Waals surface area contributed by atoms with E-state index in [9.17, 15) is 9.59 Å². The Labute approximate surface area is 216 Å². The van der Waals surface area contributed by atoms with Gasteiger partial charge < -0.3 is 15.5 Å². The van der Waals surface area contributed by atoms with E-state index in [0.717, 1.165) is 42.4 Å². The normalized spacial score (nSPS) is 17.2. The maximum absolute atomic E-state index is 13.0. The number of hydrogen-bond acceptors (Lipinski definition) is 6. The van der Waals surface area contributed by atoms with Gasteiger partial charge in [0, 0.05) is 48.3 Å². The molecule has 1 aliphatic carbocycles. The second-order valence-corrected chi connectivity index (χ2v) is 9.72. The van der Waals surface area contributed by atoms with Gasteiger partial charge in [-0.2, -0.15) is 4.98 Å². The number of ketones is 1. The highest BCUT2D eigenvalue weighted by Crippen LogP contribution is 2.26. The van der Waals surface area contributed by atoms with E-state index in [1.807, 2.05) is 61.5 Å². The molecule has 1 amide bonds. The lowest BCUT2D eigenvalue weighted by molar-refractivity contribution is 0.0926. The third-order valence-electron chi connectivity index (χ3n) is 6.83. The fourth-order valence-corrected chi connectivity index (χ4v) is 4.86. The Hall–Kier alpha value is -4.26. The number of carbonyl (C=O) groups is 2. The molecule has 7 heteroatoms. The Morgan fingerprint density at radius 3 is 2.16 bits per heavy atom. The van der Waals surface area contributed by atoms with Gasteiger partial charge in [-0.05, 0) is 49.9 Å². The van der Waals surface area contributed by atoms with E-state index in [1.165, 1.54) is 0 Å². The third-order valence-corrected chi connectivity index (χ3v) is 6.83. The Morgan fingerprint density at radius 1 is 0.757 bits per heavy atom. The number of para-hydroxylation sites is 1. The van der Waals surface area contributed by atoms with Crippen molar-refractivity contribution in [1.29, 1.82) is 0 Å². The minimum atomic E-state index is -0.146. The average Bonchev–Trinajstić information content (AvgIpc) is 2.93. The summed E-state index contributed by atoms with van der Waals surface area (Å²) in [5, 5.41) is 7.69. The molecule has 2 N–H and O–H groups in total. The zero-order valence-electron chi connectivity index (χ0n) is 21.1. The van der Waals surface area contributed by atoms with E-state index >= 15 is 0 Å². The molecule has 0 aliphatic heterocycles. The van der Waals surface area contributed by atoms with E-state index in [1.54, 1.807) is 36.4 Å². The molecule has 1 heterocycles. The molecule has 37 heavy (non-hydrogen) atoms. The second kappa shape index (κ2) is 10.8. The van der Waals surface area contributed by atoms with Gasteiger partial charge in [0.1, 0.15) is 5.82 Å². The fourth-order valence-electron chi connectivity index (χ4n) is 4.86. The van der Waals surface area contributed by atoms with Gasteiger partial charge in [-0.25, -0.2) is 4.98 Å². The monoisotopic (exact) mass is 493 g/mol. The Morgan fingerprint density at radius 2 is 1.41 bits per heavy atom. The minimum absolute atomic E-state index is 0.0878. The van der Waals surface area contributed by atoms with Crippen LogP contribution < -0.4 is 15.5 Å². The van der Waals surface area contributed by atoms with Gasteiger partial charge in [0.05, 0.1) is 5.52 Å². The van der Waals surface area contributed by atoms with Crippen molar-refractivity contribution in [2.24, 2.45) is 0 Å². The van der Waals surface area contributed by atoms with Crippen LogP contribution in [0.2, 0.25) is 0 Å². The van der Waals surface area contributed by atoms with Crippen LogP contribution in [0.25, 0.3) is 10.9 Å². The van der Waals surface area contributed by atoms with Crippen LogP contribution in [0.15, 0.2) is 78.9 Å². The van der Waals surface area contributed by atoms with Crippen LogP contribution in [0, 0.1) is 0 Å². The number of carbonyl (C=O) groups excluding carboxylic acids is 2. The van der Waals surface area contributed by atoms with E-state index in [2.05, 4.69) is 10.6 Å². The Bertz CT molecular complexity index is 1410. The highest BCUT2D eigenvalue weighted by atomic mass is 16.1. The molecule has 0 spiro atoms. The summed E-state index contributed by atoms with van der Waals surface area (Å²) in [4.78, 5) is 37.2. The average molecular weight is 494 g/mol. The molecule has 0 radical (unpaired) electrons. The smallest absolute Gasteiger partial charge is 0.251 e. The molecule has 3 aromatic carbocycles. The molecule has 1 aliphatic rings. The number of amides is 1. The summed E-state index contributed by atoms with van der Waals surface area (Å²) >= 11 is 0. The van der Waals surface area contributed by atoms with Gasteiger partial charge in [-0.15, -0.1) is 0 Å². The fraction of sp³-hybridized carbons (Fsp3) is 0.267. The highest BCUT2D eigenvalue weighted by Gasteiger charge is 2.24. The van der Waals surface area contributed by atoms with E-state index in [-0.39, 0.29) is 23.8 Å². The Kier molecular flexibility index (Phi) is 7.12. The van der Waals surface area contributed by atoms with Crippen LogP contribution in [0.5, 0.6) is 0 Å². The van der Waals surface area contributed by atoms with Gasteiger partial charge in [0.25, 0.3) is 5.91 Å². The molecule has 5 rings (SSSR count). The van der Waals surface area contributed by atoms with E-state index in [0.29, 0.717) is 22.6 Å². The summed E-state index contributed by atoms with van der Waals surface area (Å²) in [6, 6.07) is 24.4. The number of aromatic nitrogens is 2. The minimum Gasteiger partial charge on any atom is -0.362 e. The first-order chi connectivity index (χ1) is 18.0. The quantitative estimate of drug-likeness (QED) is 0.349. The molecule has 7 nitrogen and oxygen atoms in total. The molecule has 1 saturated carbocycles. The van der Waals surface area contributed by atoms with E-state index in [4.69, 9.17) is 9.97 Å². The molecule has 1 fully saturated rings. The van der Waals surface area contributed by atoms with Crippen LogP contribution in [-0.4, -0.2) is 47.8 Å². The number of anilines is 2. The van der Waals surface area contributed by atoms with Gasteiger partial charge in [0.2, 0.25) is 5.95 Å².